The SMILES string of the molecule is C/C=C/C=O.CC.CC(C)CC1=CC=CCC1.c1ccccc1. The van der Waals surface area contributed by atoms with E-state index in [1.165, 1.54) is 25.3 Å². The van der Waals surface area contributed by atoms with Crippen LogP contribution in [-0.4, -0.2) is 6.29 Å². The zero-order valence-electron chi connectivity index (χ0n) is 15.5. The number of allylic oxidation sites excluding steroid dienone is 6. The highest BCUT2D eigenvalue weighted by Gasteiger charge is 2.01. The minimum Gasteiger partial charge on any atom is -0.299 e. The minimum absolute atomic E-state index is 0.750. The van der Waals surface area contributed by atoms with Gasteiger partial charge in [0.25, 0.3) is 0 Å². The molecule has 0 saturated carbocycles. The molecule has 0 fully saturated rings. The summed E-state index contributed by atoms with van der Waals surface area (Å²) in [5.41, 5.74) is 1.62. The van der Waals surface area contributed by atoms with Gasteiger partial charge < -0.3 is 0 Å². The van der Waals surface area contributed by atoms with Crippen LogP contribution < -0.4 is 0 Å². The van der Waals surface area contributed by atoms with Gasteiger partial charge >= 0.3 is 0 Å². The van der Waals surface area contributed by atoms with E-state index in [1.807, 2.05) is 50.2 Å². The van der Waals surface area contributed by atoms with E-state index in [0.29, 0.717) is 0 Å². The number of carbonyl (C=O) groups is 1. The summed E-state index contributed by atoms with van der Waals surface area (Å²) in [5.74, 6) is 0.817. The average Bonchev–Trinajstić information content (AvgIpc) is 2.60. The number of benzene rings is 1. The number of hydrogen-bond donors (Lipinski definition) is 0. The molecule has 0 spiro atoms. The molecule has 0 N–H and O–H groups in total. The molecule has 0 unspecified atom stereocenters. The maximum atomic E-state index is 9.32. The van der Waals surface area contributed by atoms with E-state index in [2.05, 4.69) is 32.1 Å². The molecule has 0 aliphatic heterocycles. The fourth-order valence-electron chi connectivity index (χ4n) is 1.81. The van der Waals surface area contributed by atoms with Crippen molar-refractivity contribution in [1.29, 1.82) is 0 Å². The molecule has 1 aliphatic carbocycles. The quantitative estimate of drug-likeness (QED) is 0.444. The van der Waals surface area contributed by atoms with Crippen molar-refractivity contribution >= 4 is 6.29 Å². The van der Waals surface area contributed by atoms with Crippen molar-refractivity contribution in [3.63, 3.8) is 0 Å². The molecule has 0 aromatic heterocycles. The topological polar surface area (TPSA) is 17.1 Å². The van der Waals surface area contributed by atoms with E-state index in [-0.39, 0.29) is 0 Å². The van der Waals surface area contributed by atoms with E-state index in [4.69, 9.17) is 0 Å². The Morgan fingerprint density at radius 2 is 1.57 bits per heavy atom. The largest absolute Gasteiger partial charge is 0.299 e. The van der Waals surface area contributed by atoms with Gasteiger partial charge in [-0.2, -0.15) is 0 Å². The van der Waals surface area contributed by atoms with Gasteiger partial charge in [-0.1, -0.05) is 94.0 Å². The van der Waals surface area contributed by atoms with Gasteiger partial charge in [0, 0.05) is 0 Å². The van der Waals surface area contributed by atoms with Crippen LogP contribution in [0.1, 0.15) is 53.9 Å². The minimum atomic E-state index is 0.750. The van der Waals surface area contributed by atoms with E-state index >= 15 is 0 Å². The summed E-state index contributed by atoms with van der Waals surface area (Å²) in [6.07, 6.45) is 14.4. The van der Waals surface area contributed by atoms with Crippen molar-refractivity contribution in [2.24, 2.45) is 5.92 Å². The number of rotatable bonds is 3. The van der Waals surface area contributed by atoms with E-state index in [0.717, 1.165) is 12.2 Å². The summed E-state index contributed by atoms with van der Waals surface area (Å²) >= 11 is 0. The molecule has 0 saturated heterocycles. The highest BCUT2D eigenvalue weighted by atomic mass is 16.1. The normalized spacial score (nSPS) is 12.0. The summed E-state index contributed by atoms with van der Waals surface area (Å²) in [5, 5.41) is 0. The standard InChI is InChI=1S/C10H16.C6H6.C4H6O.C2H6/c1-9(2)8-10-6-4-3-5-7-10;1-2-4-6-5-3-1;1-2-3-4-5;1-2/h3-4,6,9H,5,7-8H2,1-2H3;1-6H;2-4H,1H3;1-2H3/b;;3-2+;. The summed E-state index contributed by atoms with van der Waals surface area (Å²) in [6, 6.07) is 12.0. The predicted octanol–water partition coefficient (Wildman–Crippen LogP) is 6.78. The van der Waals surface area contributed by atoms with Crippen LogP contribution in [0.2, 0.25) is 0 Å². The molecule has 0 amide bonds. The Morgan fingerprint density at radius 1 is 1.04 bits per heavy atom. The zero-order valence-corrected chi connectivity index (χ0v) is 15.5. The van der Waals surface area contributed by atoms with Crippen molar-refractivity contribution in [2.45, 2.75) is 53.9 Å². The Bertz CT molecular complexity index is 398. The van der Waals surface area contributed by atoms with Gasteiger partial charge in [0.05, 0.1) is 0 Å². The van der Waals surface area contributed by atoms with Gasteiger partial charge in [0.1, 0.15) is 6.29 Å². The number of carbonyl (C=O) groups excluding carboxylic acids is 1. The second-order valence-corrected chi connectivity index (χ2v) is 5.21. The van der Waals surface area contributed by atoms with Gasteiger partial charge in [-0.05, 0) is 38.2 Å². The van der Waals surface area contributed by atoms with E-state index in [9.17, 15) is 4.79 Å². The Morgan fingerprint density at radius 3 is 1.83 bits per heavy atom. The lowest BCUT2D eigenvalue weighted by Gasteiger charge is -2.10. The molecule has 1 aromatic carbocycles. The third-order valence-electron chi connectivity index (χ3n) is 2.71. The first-order valence-corrected chi connectivity index (χ1v) is 8.61. The van der Waals surface area contributed by atoms with Crippen molar-refractivity contribution in [3.05, 3.63) is 72.4 Å². The summed E-state index contributed by atoms with van der Waals surface area (Å²) in [7, 11) is 0. The molecular formula is C22H34O. The monoisotopic (exact) mass is 314 g/mol. The highest BCUT2D eigenvalue weighted by Crippen LogP contribution is 2.19. The molecule has 0 atom stereocenters. The van der Waals surface area contributed by atoms with Gasteiger partial charge in [-0.3, -0.25) is 4.79 Å². The average molecular weight is 315 g/mol. The lowest BCUT2D eigenvalue weighted by Crippen LogP contribution is -1.93. The van der Waals surface area contributed by atoms with Crippen LogP contribution in [0, 0.1) is 5.92 Å². The Kier molecular flexibility index (Phi) is 20.4. The molecule has 0 bridgehead atoms. The lowest BCUT2D eigenvalue weighted by molar-refractivity contribution is -0.104. The van der Waals surface area contributed by atoms with E-state index in [1.54, 1.807) is 18.6 Å². The highest BCUT2D eigenvalue weighted by molar-refractivity contribution is 5.64. The molecule has 1 nitrogen and oxygen atoms in total. The molecule has 0 radical (unpaired) electrons. The molecule has 1 heteroatoms. The molecule has 128 valence electrons. The molecule has 0 heterocycles. The first-order chi connectivity index (χ1) is 11.2. The van der Waals surface area contributed by atoms with E-state index < -0.39 is 0 Å². The van der Waals surface area contributed by atoms with Crippen LogP contribution in [0.25, 0.3) is 0 Å². The second kappa shape index (κ2) is 20.1. The third kappa shape index (κ3) is 20.1. The Labute approximate surface area is 143 Å². The summed E-state index contributed by atoms with van der Waals surface area (Å²) < 4.78 is 0. The Hall–Kier alpha value is -1.89. The number of aldehydes is 1. The van der Waals surface area contributed by atoms with Crippen molar-refractivity contribution in [1.82, 2.24) is 0 Å². The predicted molar refractivity (Wildman–Crippen MR) is 105 cm³/mol. The van der Waals surface area contributed by atoms with Crippen LogP contribution in [-0.2, 0) is 4.79 Å². The smallest absolute Gasteiger partial charge is 0.142 e. The molecule has 23 heavy (non-hydrogen) atoms. The lowest BCUT2D eigenvalue weighted by atomic mass is 9.96. The van der Waals surface area contributed by atoms with Gasteiger partial charge in [0.2, 0.25) is 0 Å². The maximum absolute atomic E-state index is 9.32. The fraction of sp³-hybridized carbons (Fsp3) is 0.409. The molecule has 1 aromatic rings. The summed E-state index contributed by atoms with van der Waals surface area (Å²) in [4.78, 5) is 9.32. The molecule has 1 aliphatic rings. The van der Waals surface area contributed by atoms with Gasteiger partial charge in [-0.25, -0.2) is 0 Å². The zero-order chi connectivity index (χ0) is 17.8. The van der Waals surface area contributed by atoms with Crippen LogP contribution in [0.4, 0.5) is 0 Å². The van der Waals surface area contributed by atoms with Crippen LogP contribution in [0.15, 0.2) is 72.4 Å². The first kappa shape index (κ1) is 23.4. The van der Waals surface area contributed by atoms with Crippen molar-refractivity contribution < 1.29 is 4.79 Å². The third-order valence-corrected chi connectivity index (χ3v) is 2.71. The van der Waals surface area contributed by atoms with Crippen LogP contribution >= 0.6 is 0 Å². The first-order valence-electron chi connectivity index (χ1n) is 8.61. The molecular weight excluding hydrogens is 280 g/mol. The summed E-state index contributed by atoms with van der Waals surface area (Å²) in [6.45, 7) is 10.4. The maximum Gasteiger partial charge on any atom is 0.142 e. The number of hydrogen-bond acceptors (Lipinski definition) is 1. The van der Waals surface area contributed by atoms with Crippen LogP contribution in [0.3, 0.4) is 0 Å². The second-order valence-electron chi connectivity index (χ2n) is 5.21. The van der Waals surface area contributed by atoms with Crippen molar-refractivity contribution in [3.8, 4) is 0 Å². The molecule has 2 rings (SSSR count). The van der Waals surface area contributed by atoms with Crippen molar-refractivity contribution in [2.75, 3.05) is 0 Å². The fourth-order valence-corrected chi connectivity index (χ4v) is 1.81. The van der Waals surface area contributed by atoms with Gasteiger partial charge in [0.15, 0.2) is 0 Å². The van der Waals surface area contributed by atoms with Crippen LogP contribution in [0.5, 0.6) is 0 Å². The Balaban J connectivity index is 0. The van der Waals surface area contributed by atoms with Gasteiger partial charge in [-0.15, -0.1) is 0 Å².